The fourth-order valence-corrected chi connectivity index (χ4v) is 2.56. The van der Waals surface area contributed by atoms with E-state index in [1.54, 1.807) is 12.4 Å². The summed E-state index contributed by atoms with van der Waals surface area (Å²) in [7, 11) is 1.48. The molecule has 2 aromatic heterocycles. The standard InChI is InChI=1S/C18H15N3O5/c1-26-18-19-6-12(7-20-18)13-5-3-2-4-11(13)8-21-9-14(17(24)25)16(23)15(22)10-21/h2-7,9-10,22H,8H2,1H3,(H,24,25). The SMILES string of the molecule is COc1ncc(-c2ccccc2Cn2cc(O)c(=O)c(C(=O)O)c2)cn1. The Balaban J connectivity index is 2.01. The van der Waals surface area contributed by atoms with E-state index in [-0.39, 0.29) is 12.6 Å². The summed E-state index contributed by atoms with van der Waals surface area (Å²) in [6, 6.07) is 7.68. The van der Waals surface area contributed by atoms with Crippen LogP contribution >= 0.6 is 0 Å². The zero-order chi connectivity index (χ0) is 18.7. The Morgan fingerprint density at radius 2 is 1.88 bits per heavy atom. The van der Waals surface area contributed by atoms with Crippen molar-refractivity contribution in [2.24, 2.45) is 0 Å². The quantitative estimate of drug-likeness (QED) is 0.718. The van der Waals surface area contributed by atoms with Gasteiger partial charge in [-0.25, -0.2) is 14.8 Å². The van der Waals surface area contributed by atoms with Gasteiger partial charge in [-0.2, -0.15) is 0 Å². The summed E-state index contributed by atoms with van der Waals surface area (Å²) in [5.74, 6) is -2.01. The van der Waals surface area contributed by atoms with Gasteiger partial charge in [-0.15, -0.1) is 0 Å². The molecule has 3 aromatic rings. The van der Waals surface area contributed by atoms with Crippen LogP contribution in [0.4, 0.5) is 0 Å². The Hall–Kier alpha value is -3.68. The second-order valence-electron chi connectivity index (χ2n) is 5.48. The Morgan fingerprint density at radius 1 is 1.19 bits per heavy atom. The van der Waals surface area contributed by atoms with Crippen LogP contribution in [0.5, 0.6) is 11.8 Å². The van der Waals surface area contributed by atoms with Gasteiger partial charge in [0, 0.05) is 30.7 Å². The van der Waals surface area contributed by atoms with E-state index in [9.17, 15) is 14.7 Å². The van der Waals surface area contributed by atoms with Gasteiger partial charge in [-0.05, 0) is 11.1 Å². The lowest BCUT2D eigenvalue weighted by Gasteiger charge is -2.13. The molecule has 26 heavy (non-hydrogen) atoms. The number of nitrogens with zero attached hydrogens (tertiary/aromatic N) is 3. The van der Waals surface area contributed by atoms with E-state index in [4.69, 9.17) is 9.84 Å². The van der Waals surface area contributed by atoms with Crippen molar-refractivity contribution < 1.29 is 19.7 Å². The van der Waals surface area contributed by atoms with Gasteiger partial charge in [0.05, 0.1) is 13.3 Å². The number of carboxylic acids is 1. The number of carboxylic acid groups (broad SMARTS) is 1. The van der Waals surface area contributed by atoms with Gasteiger partial charge in [0.15, 0.2) is 5.75 Å². The van der Waals surface area contributed by atoms with E-state index in [0.717, 1.165) is 16.7 Å². The number of aromatic nitrogens is 3. The predicted molar refractivity (Wildman–Crippen MR) is 92.4 cm³/mol. The number of ether oxygens (including phenoxy) is 1. The third kappa shape index (κ3) is 3.39. The zero-order valence-electron chi connectivity index (χ0n) is 13.8. The topological polar surface area (TPSA) is 115 Å². The van der Waals surface area contributed by atoms with Gasteiger partial charge in [0.2, 0.25) is 5.43 Å². The first-order valence-electron chi connectivity index (χ1n) is 7.60. The number of aromatic carboxylic acids is 1. The molecular weight excluding hydrogens is 338 g/mol. The summed E-state index contributed by atoms with van der Waals surface area (Å²) < 4.78 is 6.40. The largest absolute Gasteiger partial charge is 0.503 e. The number of carbonyl (C=O) groups is 1. The van der Waals surface area contributed by atoms with Crippen LogP contribution in [0.15, 0.2) is 53.8 Å². The zero-order valence-corrected chi connectivity index (χ0v) is 13.8. The molecule has 0 spiro atoms. The van der Waals surface area contributed by atoms with Gasteiger partial charge >= 0.3 is 12.0 Å². The molecule has 2 heterocycles. The van der Waals surface area contributed by atoms with Crippen LogP contribution in [0, 0.1) is 0 Å². The van der Waals surface area contributed by atoms with Crippen molar-refractivity contribution in [2.75, 3.05) is 7.11 Å². The number of rotatable bonds is 5. The van der Waals surface area contributed by atoms with Crippen LogP contribution in [-0.2, 0) is 6.54 Å². The van der Waals surface area contributed by atoms with E-state index in [2.05, 4.69) is 9.97 Å². The number of methoxy groups -OCH3 is 1. The van der Waals surface area contributed by atoms with Crippen LogP contribution in [0.1, 0.15) is 15.9 Å². The second kappa shape index (κ2) is 7.06. The lowest BCUT2D eigenvalue weighted by atomic mass is 10.0. The maximum atomic E-state index is 11.7. The predicted octanol–water partition coefficient (Wildman–Crippen LogP) is 1.77. The van der Waals surface area contributed by atoms with Crippen LogP contribution in [-0.4, -0.2) is 37.8 Å². The normalized spacial score (nSPS) is 10.5. The van der Waals surface area contributed by atoms with Crippen molar-refractivity contribution in [3.8, 4) is 22.9 Å². The summed E-state index contributed by atoms with van der Waals surface area (Å²) >= 11 is 0. The minimum Gasteiger partial charge on any atom is -0.503 e. The molecule has 0 unspecified atom stereocenters. The molecule has 0 fully saturated rings. The number of hydrogen-bond donors (Lipinski definition) is 2. The third-order valence-electron chi connectivity index (χ3n) is 3.78. The maximum absolute atomic E-state index is 11.7. The molecule has 8 heteroatoms. The second-order valence-corrected chi connectivity index (χ2v) is 5.48. The van der Waals surface area contributed by atoms with E-state index in [1.807, 2.05) is 24.3 Å². The van der Waals surface area contributed by atoms with Crippen molar-refractivity contribution in [1.82, 2.24) is 14.5 Å². The first-order valence-corrected chi connectivity index (χ1v) is 7.60. The van der Waals surface area contributed by atoms with Crippen molar-refractivity contribution in [3.63, 3.8) is 0 Å². The first-order chi connectivity index (χ1) is 12.5. The minimum atomic E-state index is -1.39. The van der Waals surface area contributed by atoms with Crippen molar-refractivity contribution in [2.45, 2.75) is 6.54 Å². The van der Waals surface area contributed by atoms with Gasteiger partial charge < -0.3 is 19.5 Å². The highest BCUT2D eigenvalue weighted by molar-refractivity contribution is 5.87. The molecule has 1 aromatic carbocycles. The molecule has 0 atom stereocenters. The molecule has 0 saturated carbocycles. The molecule has 2 N–H and O–H groups in total. The summed E-state index contributed by atoms with van der Waals surface area (Å²) in [5, 5.41) is 18.8. The summed E-state index contributed by atoms with van der Waals surface area (Å²) in [6.45, 7) is 0.246. The highest BCUT2D eigenvalue weighted by atomic mass is 16.5. The minimum absolute atomic E-state index is 0.246. The van der Waals surface area contributed by atoms with Gasteiger partial charge in [0.25, 0.3) is 0 Å². The number of pyridine rings is 1. The summed E-state index contributed by atoms with van der Waals surface area (Å²) in [6.07, 6.45) is 5.65. The smallest absolute Gasteiger partial charge is 0.341 e. The first kappa shape index (κ1) is 17.2. The highest BCUT2D eigenvalue weighted by Gasteiger charge is 2.14. The van der Waals surface area contributed by atoms with E-state index >= 15 is 0 Å². The summed E-state index contributed by atoms with van der Waals surface area (Å²) in [4.78, 5) is 31.0. The number of aromatic hydroxyl groups is 1. The monoisotopic (exact) mass is 353 g/mol. The molecule has 0 aliphatic heterocycles. The van der Waals surface area contributed by atoms with Gasteiger partial charge in [-0.1, -0.05) is 24.3 Å². The van der Waals surface area contributed by atoms with E-state index in [0.29, 0.717) is 0 Å². The average molecular weight is 353 g/mol. The van der Waals surface area contributed by atoms with Crippen LogP contribution < -0.4 is 10.2 Å². The van der Waals surface area contributed by atoms with Crippen molar-refractivity contribution >= 4 is 5.97 Å². The van der Waals surface area contributed by atoms with E-state index in [1.165, 1.54) is 24.1 Å². The fraction of sp³-hybridized carbons (Fsp3) is 0.111. The molecule has 0 aliphatic carbocycles. The Kier molecular flexibility index (Phi) is 4.66. The molecule has 3 rings (SSSR count). The molecule has 0 aliphatic rings. The molecular formula is C18H15N3O5. The van der Waals surface area contributed by atoms with Crippen LogP contribution in [0.25, 0.3) is 11.1 Å². The van der Waals surface area contributed by atoms with Crippen molar-refractivity contribution in [1.29, 1.82) is 0 Å². The molecule has 0 radical (unpaired) electrons. The molecule has 0 amide bonds. The maximum Gasteiger partial charge on any atom is 0.341 e. The fourth-order valence-electron chi connectivity index (χ4n) is 2.56. The van der Waals surface area contributed by atoms with Crippen LogP contribution in [0.2, 0.25) is 0 Å². The average Bonchev–Trinajstić information content (AvgIpc) is 2.65. The van der Waals surface area contributed by atoms with Crippen molar-refractivity contribution in [3.05, 3.63) is 70.4 Å². The summed E-state index contributed by atoms with van der Waals surface area (Å²) in [5.41, 5.74) is 1.02. The molecule has 0 bridgehead atoms. The Labute approximate surface area is 148 Å². The third-order valence-corrected chi connectivity index (χ3v) is 3.78. The van der Waals surface area contributed by atoms with Gasteiger partial charge in [0.1, 0.15) is 5.56 Å². The van der Waals surface area contributed by atoms with E-state index < -0.39 is 22.7 Å². The Bertz CT molecular complexity index is 1010. The lowest BCUT2D eigenvalue weighted by molar-refractivity contribution is 0.0694. The molecule has 0 saturated heterocycles. The highest BCUT2D eigenvalue weighted by Crippen LogP contribution is 2.24. The number of benzene rings is 1. The molecule has 8 nitrogen and oxygen atoms in total. The molecule has 132 valence electrons. The number of hydrogen-bond acceptors (Lipinski definition) is 6. The Morgan fingerprint density at radius 3 is 2.54 bits per heavy atom. The lowest BCUT2D eigenvalue weighted by Crippen LogP contribution is -2.17. The van der Waals surface area contributed by atoms with Gasteiger partial charge in [-0.3, -0.25) is 4.79 Å². The van der Waals surface area contributed by atoms with Crippen LogP contribution in [0.3, 0.4) is 0 Å².